The molecule has 0 atom stereocenters. The fourth-order valence-electron chi connectivity index (χ4n) is 1.78. The Labute approximate surface area is 91.3 Å². The van der Waals surface area contributed by atoms with Gasteiger partial charge in [-0.2, -0.15) is 0 Å². The monoisotopic (exact) mass is 233 g/mol. The van der Waals surface area contributed by atoms with Crippen LogP contribution < -0.4 is 10.0 Å². The molecule has 1 aliphatic carbocycles. The second kappa shape index (κ2) is 4.78. The highest BCUT2D eigenvalue weighted by atomic mass is 32.2. The summed E-state index contributed by atoms with van der Waals surface area (Å²) in [5.74, 6) is 0. The molecular formula is C9H19N3O2S. The summed E-state index contributed by atoms with van der Waals surface area (Å²) in [5, 5.41) is 3.17. The van der Waals surface area contributed by atoms with E-state index in [1.807, 2.05) is 0 Å². The van der Waals surface area contributed by atoms with E-state index < -0.39 is 10.0 Å². The van der Waals surface area contributed by atoms with Crippen LogP contribution in [0.3, 0.4) is 0 Å². The Hall–Kier alpha value is -0.170. The van der Waals surface area contributed by atoms with E-state index in [-0.39, 0.29) is 5.25 Å². The molecule has 2 fully saturated rings. The topological polar surface area (TPSA) is 61.4 Å². The van der Waals surface area contributed by atoms with E-state index in [0.29, 0.717) is 6.54 Å². The van der Waals surface area contributed by atoms with Gasteiger partial charge < -0.3 is 5.32 Å². The maximum absolute atomic E-state index is 11.5. The van der Waals surface area contributed by atoms with E-state index in [1.54, 1.807) is 0 Å². The Bertz CT molecular complexity index is 294. The smallest absolute Gasteiger partial charge is 0.214 e. The third kappa shape index (κ3) is 3.41. The zero-order chi connectivity index (χ0) is 10.7. The number of sulfonamides is 1. The Morgan fingerprint density at radius 2 is 1.93 bits per heavy atom. The van der Waals surface area contributed by atoms with Gasteiger partial charge in [0.05, 0.1) is 5.25 Å². The lowest BCUT2D eigenvalue weighted by atomic mass is 10.3. The molecule has 0 aromatic heterocycles. The predicted octanol–water partition coefficient (Wildman–Crippen LogP) is -1.03. The minimum absolute atomic E-state index is 0.0967. The average Bonchev–Trinajstić information content (AvgIpc) is 3.02. The van der Waals surface area contributed by atoms with E-state index in [4.69, 9.17) is 0 Å². The lowest BCUT2D eigenvalue weighted by Gasteiger charge is -2.27. The summed E-state index contributed by atoms with van der Waals surface area (Å²) in [6.45, 7) is 5.44. The molecule has 0 unspecified atom stereocenters. The molecule has 0 aromatic rings. The molecule has 1 heterocycles. The summed E-state index contributed by atoms with van der Waals surface area (Å²) < 4.78 is 25.7. The Kier molecular flexibility index (Phi) is 3.60. The normalized spacial score (nSPS) is 24.3. The highest BCUT2D eigenvalue weighted by Crippen LogP contribution is 2.27. The van der Waals surface area contributed by atoms with Crippen LogP contribution in [0.15, 0.2) is 0 Å². The van der Waals surface area contributed by atoms with Gasteiger partial charge in [0.1, 0.15) is 0 Å². The first-order valence-corrected chi connectivity index (χ1v) is 7.15. The van der Waals surface area contributed by atoms with Gasteiger partial charge in [-0.1, -0.05) is 0 Å². The van der Waals surface area contributed by atoms with Crippen molar-refractivity contribution in [2.75, 3.05) is 39.3 Å². The minimum atomic E-state index is -2.98. The lowest BCUT2D eigenvalue weighted by molar-refractivity contribution is 0.245. The van der Waals surface area contributed by atoms with E-state index in [1.165, 1.54) is 0 Å². The van der Waals surface area contributed by atoms with E-state index >= 15 is 0 Å². The van der Waals surface area contributed by atoms with Gasteiger partial charge in [-0.3, -0.25) is 4.90 Å². The molecule has 0 radical (unpaired) electrons. The quantitative estimate of drug-likeness (QED) is 0.638. The zero-order valence-electron chi connectivity index (χ0n) is 8.91. The van der Waals surface area contributed by atoms with Gasteiger partial charge in [0.2, 0.25) is 10.0 Å². The number of hydrogen-bond acceptors (Lipinski definition) is 4. The molecule has 0 aromatic carbocycles. The van der Waals surface area contributed by atoms with Crippen LogP contribution in [0.1, 0.15) is 12.8 Å². The first-order valence-electron chi connectivity index (χ1n) is 5.60. The van der Waals surface area contributed by atoms with Crippen LogP contribution in [0.25, 0.3) is 0 Å². The van der Waals surface area contributed by atoms with E-state index in [2.05, 4.69) is 14.9 Å². The maximum Gasteiger partial charge on any atom is 0.214 e. The fourth-order valence-corrected chi connectivity index (χ4v) is 3.15. The van der Waals surface area contributed by atoms with Crippen molar-refractivity contribution in [1.82, 2.24) is 14.9 Å². The predicted molar refractivity (Wildman–Crippen MR) is 59.3 cm³/mol. The summed E-state index contributed by atoms with van der Waals surface area (Å²) in [6.07, 6.45) is 1.67. The van der Waals surface area contributed by atoms with Crippen LogP contribution >= 0.6 is 0 Å². The molecule has 0 bridgehead atoms. The van der Waals surface area contributed by atoms with Crippen LogP contribution in [0.5, 0.6) is 0 Å². The highest BCUT2D eigenvalue weighted by molar-refractivity contribution is 7.90. The Morgan fingerprint density at radius 3 is 2.53 bits per heavy atom. The molecule has 5 nitrogen and oxygen atoms in total. The largest absolute Gasteiger partial charge is 0.314 e. The van der Waals surface area contributed by atoms with Crippen LogP contribution in [-0.2, 0) is 10.0 Å². The van der Waals surface area contributed by atoms with Crippen LogP contribution in [0.4, 0.5) is 0 Å². The molecule has 88 valence electrons. The third-order valence-corrected chi connectivity index (χ3v) is 4.86. The first kappa shape index (κ1) is 11.3. The lowest BCUT2D eigenvalue weighted by Crippen LogP contribution is -2.46. The van der Waals surface area contributed by atoms with Gasteiger partial charge in [0.25, 0.3) is 0 Å². The molecule has 1 saturated heterocycles. The van der Waals surface area contributed by atoms with Gasteiger partial charge in [-0.25, -0.2) is 13.1 Å². The number of hydrogen-bond donors (Lipinski definition) is 2. The molecule has 15 heavy (non-hydrogen) atoms. The summed E-state index contributed by atoms with van der Waals surface area (Å²) in [5.41, 5.74) is 0. The molecule has 1 saturated carbocycles. The van der Waals surface area contributed by atoms with E-state index in [9.17, 15) is 8.42 Å². The van der Waals surface area contributed by atoms with Gasteiger partial charge in [0, 0.05) is 39.3 Å². The molecule has 6 heteroatoms. The van der Waals surface area contributed by atoms with Crippen LogP contribution in [0.2, 0.25) is 0 Å². The second-order valence-electron chi connectivity index (χ2n) is 4.23. The van der Waals surface area contributed by atoms with Gasteiger partial charge in [-0.05, 0) is 12.8 Å². The Balaban J connectivity index is 1.65. The molecule has 0 amide bonds. The maximum atomic E-state index is 11.5. The van der Waals surface area contributed by atoms with Crippen molar-refractivity contribution in [3.63, 3.8) is 0 Å². The van der Waals surface area contributed by atoms with Crippen molar-refractivity contribution in [3.8, 4) is 0 Å². The van der Waals surface area contributed by atoms with Crippen LogP contribution in [-0.4, -0.2) is 57.8 Å². The summed E-state index contributed by atoms with van der Waals surface area (Å²) in [4.78, 5) is 2.28. The average molecular weight is 233 g/mol. The number of piperazine rings is 1. The standard InChI is InChI=1S/C9H19N3O2S/c13-15(14,9-1-2-9)11-5-8-12-6-3-10-4-7-12/h9-11H,1-8H2. The molecule has 2 N–H and O–H groups in total. The summed E-state index contributed by atoms with van der Waals surface area (Å²) in [6, 6.07) is 0. The summed E-state index contributed by atoms with van der Waals surface area (Å²) >= 11 is 0. The number of rotatable bonds is 5. The summed E-state index contributed by atoms with van der Waals surface area (Å²) in [7, 11) is -2.98. The van der Waals surface area contributed by atoms with Crippen molar-refractivity contribution < 1.29 is 8.42 Å². The minimum Gasteiger partial charge on any atom is -0.314 e. The highest BCUT2D eigenvalue weighted by Gasteiger charge is 2.35. The molecular weight excluding hydrogens is 214 g/mol. The van der Waals surface area contributed by atoms with Crippen molar-refractivity contribution in [2.45, 2.75) is 18.1 Å². The number of nitrogens with zero attached hydrogens (tertiary/aromatic N) is 1. The SMILES string of the molecule is O=S(=O)(NCCN1CCNCC1)C1CC1. The zero-order valence-corrected chi connectivity index (χ0v) is 9.72. The van der Waals surface area contributed by atoms with Crippen LogP contribution in [0, 0.1) is 0 Å². The fraction of sp³-hybridized carbons (Fsp3) is 1.00. The van der Waals surface area contributed by atoms with Crippen molar-refractivity contribution in [2.24, 2.45) is 0 Å². The molecule has 1 aliphatic heterocycles. The van der Waals surface area contributed by atoms with Crippen molar-refractivity contribution >= 4 is 10.0 Å². The van der Waals surface area contributed by atoms with Gasteiger partial charge >= 0.3 is 0 Å². The third-order valence-electron chi connectivity index (χ3n) is 2.90. The van der Waals surface area contributed by atoms with Crippen molar-refractivity contribution in [1.29, 1.82) is 0 Å². The van der Waals surface area contributed by atoms with Gasteiger partial charge in [0.15, 0.2) is 0 Å². The molecule has 0 spiro atoms. The first-order chi connectivity index (χ1) is 7.18. The van der Waals surface area contributed by atoms with E-state index in [0.717, 1.165) is 45.6 Å². The molecule has 2 aliphatic rings. The number of nitrogens with one attached hydrogen (secondary N) is 2. The van der Waals surface area contributed by atoms with Crippen molar-refractivity contribution in [3.05, 3.63) is 0 Å². The second-order valence-corrected chi connectivity index (χ2v) is 6.28. The Morgan fingerprint density at radius 1 is 1.27 bits per heavy atom. The molecule has 2 rings (SSSR count). The van der Waals surface area contributed by atoms with Gasteiger partial charge in [-0.15, -0.1) is 0 Å².